The quantitative estimate of drug-likeness (QED) is 0.832. The van der Waals surface area contributed by atoms with E-state index in [4.69, 9.17) is 9.76 Å². The van der Waals surface area contributed by atoms with Gasteiger partial charge in [-0.05, 0) is 43.2 Å². The Kier molecular flexibility index (Phi) is 4.36. The Morgan fingerprint density at radius 1 is 1.29 bits per heavy atom. The molecular formula is C17H26BNO4S. The van der Waals surface area contributed by atoms with Gasteiger partial charge in [0.1, 0.15) is 0 Å². The summed E-state index contributed by atoms with van der Waals surface area (Å²) in [5, 5.41) is 9.09. The van der Waals surface area contributed by atoms with Crippen molar-refractivity contribution in [2.24, 2.45) is 11.3 Å². The third kappa shape index (κ3) is 2.92. The predicted molar refractivity (Wildman–Crippen MR) is 94.9 cm³/mol. The summed E-state index contributed by atoms with van der Waals surface area (Å²) in [6.07, 6.45) is 0.861. The van der Waals surface area contributed by atoms with Crippen molar-refractivity contribution < 1.29 is 18.2 Å². The van der Waals surface area contributed by atoms with Crippen molar-refractivity contribution in [3.05, 3.63) is 24.3 Å². The van der Waals surface area contributed by atoms with Gasteiger partial charge in [0.15, 0.2) is 0 Å². The van der Waals surface area contributed by atoms with Crippen molar-refractivity contribution >= 4 is 22.4 Å². The number of sulfonamides is 1. The van der Waals surface area contributed by atoms with E-state index in [-0.39, 0.29) is 30.5 Å². The molecule has 2 aliphatic rings. The van der Waals surface area contributed by atoms with Gasteiger partial charge in [0.2, 0.25) is 10.0 Å². The molecule has 3 rings (SSSR count). The summed E-state index contributed by atoms with van der Waals surface area (Å²) < 4.78 is 33.0. The van der Waals surface area contributed by atoms with Gasteiger partial charge in [-0.15, -0.1) is 0 Å². The molecule has 0 amide bonds. The highest BCUT2D eigenvalue weighted by Crippen LogP contribution is 2.45. The zero-order valence-electron chi connectivity index (χ0n) is 14.8. The van der Waals surface area contributed by atoms with Crippen LogP contribution in [0, 0.1) is 11.3 Å². The first-order chi connectivity index (χ1) is 11.1. The molecule has 1 aromatic rings. The monoisotopic (exact) mass is 351 g/mol. The SMILES string of the molecule is CC1(C)CB(c2cccc(S(=O)(=O)N3CC(CO)C3)c2)OC1(C)C. The van der Waals surface area contributed by atoms with Crippen molar-refractivity contribution in [2.75, 3.05) is 19.7 Å². The largest absolute Gasteiger partial charge is 0.426 e. The Morgan fingerprint density at radius 3 is 2.50 bits per heavy atom. The lowest BCUT2D eigenvalue weighted by Gasteiger charge is -2.37. The van der Waals surface area contributed by atoms with Gasteiger partial charge in [-0.3, -0.25) is 0 Å². The summed E-state index contributed by atoms with van der Waals surface area (Å²) in [7, 11) is -3.49. The van der Waals surface area contributed by atoms with Gasteiger partial charge >= 0.3 is 6.92 Å². The van der Waals surface area contributed by atoms with Crippen molar-refractivity contribution in [3.63, 3.8) is 0 Å². The Balaban J connectivity index is 1.83. The molecule has 0 radical (unpaired) electrons. The summed E-state index contributed by atoms with van der Waals surface area (Å²) in [6.45, 7) is 9.27. The molecule has 0 aromatic heterocycles. The van der Waals surface area contributed by atoms with Crippen LogP contribution in [0.3, 0.4) is 0 Å². The van der Waals surface area contributed by atoms with E-state index in [0.29, 0.717) is 18.0 Å². The zero-order chi connectivity index (χ0) is 17.8. The Labute approximate surface area is 145 Å². The summed E-state index contributed by atoms with van der Waals surface area (Å²) in [6, 6.07) is 7.10. The lowest BCUT2D eigenvalue weighted by molar-refractivity contribution is 0.0375. The first-order valence-electron chi connectivity index (χ1n) is 8.46. The molecule has 7 heteroatoms. The fourth-order valence-corrected chi connectivity index (χ4v) is 4.96. The van der Waals surface area contributed by atoms with Crippen LogP contribution in [0.2, 0.25) is 6.32 Å². The summed E-state index contributed by atoms with van der Waals surface area (Å²) in [4.78, 5) is 0.308. The van der Waals surface area contributed by atoms with Gasteiger partial charge in [-0.2, -0.15) is 4.31 Å². The van der Waals surface area contributed by atoms with Crippen molar-refractivity contribution in [1.82, 2.24) is 4.31 Å². The molecule has 0 bridgehead atoms. The van der Waals surface area contributed by atoms with Crippen LogP contribution < -0.4 is 5.46 Å². The number of nitrogens with zero attached hydrogens (tertiary/aromatic N) is 1. The van der Waals surface area contributed by atoms with E-state index in [1.54, 1.807) is 18.2 Å². The molecule has 2 heterocycles. The van der Waals surface area contributed by atoms with Crippen molar-refractivity contribution in [3.8, 4) is 0 Å². The molecule has 1 N–H and O–H groups in total. The topological polar surface area (TPSA) is 66.8 Å². The second-order valence-electron chi connectivity index (χ2n) is 8.15. The Morgan fingerprint density at radius 2 is 1.96 bits per heavy atom. The maximum Gasteiger partial charge on any atom is 0.328 e. The van der Waals surface area contributed by atoms with Gasteiger partial charge in [0.25, 0.3) is 0 Å². The van der Waals surface area contributed by atoms with Crippen molar-refractivity contribution in [2.45, 2.75) is 44.5 Å². The highest BCUT2D eigenvalue weighted by atomic mass is 32.2. The van der Waals surface area contributed by atoms with Gasteiger partial charge in [-0.1, -0.05) is 26.0 Å². The van der Waals surface area contributed by atoms with E-state index < -0.39 is 10.0 Å². The lowest BCUT2D eigenvalue weighted by Crippen LogP contribution is -2.51. The maximum atomic E-state index is 12.7. The van der Waals surface area contributed by atoms with E-state index in [1.165, 1.54) is 4.31 Å². The van der Waals surface area contributed by atoms with Crippen LogP contribution in [0.5, 0.6) is 0 Å². The molecule has 5 nitrogen and oxygen atoms in total. The highest BCUT2D eigenvalue weighted by Gasteiger charge is 2.50. The first kappa shape index (κ1) is 17.9. The third-order valence-corrected chi connectivity index (χ3v) is 7.64. The fourth-order valence-electron chi connectivity index (χ4n) is 3.31. The van der Waals surface area contributed by atoms with Crippen LogP contribution in [0.4, 0.5) is 0 Å². The number of hydrogen-bond donors (Lipinski definition) is 1. The van der Waals surface area contributed by atoms with Crippen LogP contribution in [-0.4, -0.2) is 50.0 Å². The van der Waals surface area contributed by atoms with E-state index in [2.05, 4.69) is 27.7 Å². The second kappa shape index (κ2) is 5.83. The van der Waals surface area contributed by atoms with Crippen LogP contribution >= 0.6 is 0 Å². The number of aliphatic hydroxyl groups excluding tert-OH is 1. The molecule has 2 aliphatic heterocycles. The number of hydrogen-bond acceptors (Lipinski definition) is 4. The first-order valence-corrected chi connectivity index (χ1v) is 9.90. The second-order valence-corrected chi connectivity index (χ2v) is 10.1. The maximum absolute atomic E-state index is 12.7. The van der Waals surface area contributed by atoms with Crippen LogP contribution in [-0.2, 0) is 14.7 Å². The fraction of sp³-hybridized carbons (Fsp3) is 0.647. The molecule has 1 aromatic carbocycles. The average Bonchev–Trinajstić information content (AvgIpc) is 2.66. The molecule has 0 atom stereocenters. The van der Waals surface area contributed by atoms with E-state index in [9.17, 15) is 8.42 Å². The average molecular weight is 351 g/mol. The van der Waals surface area contributed by atoms with Crippen molar-refractivity contribution in [1.29, 1.82) is 0 Å². The number of aliphatic hydroxyl groups is 1. The third-order valence-electron chi connectivity index (χ3n) is 5.81. The molecule has 2 fully saturated rings. The van der Waals surface area contributed by atoms with Gasteiger partial charge in [0, 0.05) is 25.6 Å². The molecule has 24 heavy (non-hydrogen) atoms. The minimum Gasteiger partial charge on any atom is -0.426 e. The number of rotatable bonds is 4. The molecule has 0 unspecified atom stereocenters. The Bertz CT molecular complexity index is 710. The number of benzene rings is 1. The highest BCUT2D eigenvalue weighted by molar-refractivity contribution is 7.89. The van der Waals surface area contributed by atoms with Gasteiger partial charge < -0.3 is 9.76 Å². The predicted octanol–water partition coefficient (Wildman–Crippen LogP) is 1.33. The molecule has 0 saturated carbocycles. The van der Waals surface area contributed by atoms with E-state index in [1.807, 2.05) is 6.07 Å². The molecule has 2 saturated heterocycles. The van der Waals surface area contributed by atoms with Crippen LogP contribution in [0.15, 0.2) is 29.2 Å². The van der Waals surface area contributed by atoms with Crippen LogP contribution in [0.25, 0.3) is 0 Å². The zero-order valence-corrected chi connectivity index (χ0v) is 15.6. The molecular weight excluding hydrogens is 325 g/mol. The summed E-state index contributed by atoms with van der Waals surface area (Å²) in [5.41, 5.74) is 0.686. The van der Waals surface area contributed by atoms with E-state index >= 15 is 0 Å². The van der Waals surface area contributed by atoms with Gasteiger partial charge in [-0.25, -0.2) is 8.42 Å². The minimum atomic E-state index is -3.49. The normalized spacial score (nSPS) is 24.1. The molecule has 132 valence electrons. The smallest absolute Gasteiger partial charge is 0.328 e. The summed E-state index contributed by atoms with van der Waals surface area (Å²) >= 11 is 0. The van der Waals surface area contributed by atoms with Gasteiger partial charge in [0.05, 0.1) is 10.5 Å². The Hall–Kier alpha value is -0.885. The van der Waals surface area contributed by atoms with E-state index in [0.717, 1.165) is 11.8 Å². The lowest BCUT2D eigenvalue weighted by atomic mass is 9.54. The molecule has 0 aliphatic carbocycles. The molecule has 0 spiro atoms. The standard InChI is InChI=1S/C17H26BNO4S/c1-16(2)12-18(23-17(16,3)4)14-6-5-7-15(8-14)24(21,22)19-9-13(10-19)11-20/h5-8,13,20H,9-12H2,1-4H3. The summed E-state index contributed by atoms with van der Waals surface area (Å²) in [5.74, 6) is 0.0581. The minimum absolute atomic E-state index is 0.0262. The van der Waals surface area contributed by atoms with Crippen LogP contribution in [0.1, 0.15) is 27.7 Å².